The average Bonchev–Trinajstić information content (AvgIpc) is 3.18. The van der Waals surface area contributed by atoms with Gasteiger partial charge in [0.15, 0.2) is 0 Å². The van der Waals surface area contributed by atoms with Crippen molar-refractivity contribution in [3.63, 3.8) is 0 Å². The lowest BCUT2D eigenvalue weighted by Crippen LogP contribution is -2.55. The summed E-state index contributed by atoms with van der Waals surface area (Å²) in [6.07, 6.45) is 2.36. The number of rotatable bonds is 3. The van der Waals surface area contributed by atoms with E-state index < -0.39 is 11.5 Å². The number of hydrogen-bond acceptors (Lipinski definition) is 2. The molecular formula is C19H16N2O3. The summed E-state index contributed by atoms with van der Waals surface area (Å²) in [5, 5.41) is 13.4. The van der Waals surface area contributed by atoms with Crippen LogP contribution in [0, 0.1) is 0 Å². The fourth-order valence-corrected chi connectivity index (χ4v) is 3.48. The second kappa shape index (κ2) is 5.23. The first kappa shape index (κ1) is 14.5. The van der Waals surface area contributed by atoms with Crippen LogP contribution in [0.5, 0.6) is 0 Å². The molecule has 1 heterocycles. The van der Waals surface area contributed by atoms with E-state index in [-0.39, 0.29) is 5.91 Å². The average molecular weight is 320 g/mol. The summed E-state index contributed by atoms with van der Waals surface area (Å²) in [6.45, 7) is 0. The van der Waals surface area contributed by atoms with Gasteiger partial charge in [0.05, 0.1) is 0 Å². The smallest absolute Gasteiger partial charge is 0.330 e. The molecule has 0 atom stereocenters. The third kappa shape index (κ3) is 2.17. The number of carboxylic acid groups (broad SMARTS) is 1. The van der Waals surface area contributed by atoms with E-state index in [1.54, 1.807) is 18.3 Å². The molecule has 0 unspecified atom stereocenters. The maximum Gasteiger partial charge on any atom is 0.330 e. The van der Waals surface area contributed by atoms with Gasteiger partial charge < -0.3 is 15.4 Å². The summed E-state index contributed by atoms with van der Waals surface area (Å²) in [5.74, 6) is -1.37. The topological polar surface area (TPSA) is 82.2 Å². The van der Waals surface area contributed by atoms with Gasteiger partial charge in [0.1, 0.15) is 5.54 Å². The third-order valence-corrected chi connectivity index (χ3v) is 4.70. The van der Waals surface area contributed by atoms with Gasteiger partial charge in [0.25, 0.3) is 5.91 Å². The predicted octanol–water partition coefficient (Wildman–Crippen LogP) is 2.52. The molecule has 2 aromatic carbocycles. The number of aromatic nitrogens is 1. The largest absolute Gasteiger partial charge is 0.479 e. The van der Waals surface area contributed by atoms with Gasteiger partial charge in [-0.05, 0) is 29.3 Å². The molecule has 0 saturated carbocycles. The monoisotopic (exact) mass is 320 g/mol. The lowest BCUT2D eigenvalue weighted by molar-refractivity contribution is -0.144. The Bertz CT molecular complexity index is 933. The number of amides is 1. The highest BCUT2D eigenvalue weighted by Gasteiger charge is 2.45. The summed E-state index contributed by atoms with van der Waals surface area (Å²) in [5.41, 5.74) is 1.98. The number of carboxylic acids is 1. The first-order valence-electron chi connectivity index (χ1n) is 7.78. The Morgan fingerprint density at radius 2 is 1.71 bits per heavy atom. The van der Waals surface area contributed by atoms with E-state index in [0.29, 0.717) is 18.4 Å². The number of fused-ring (bicyclic) bond motifs is 2. The number of nitrogens with one attached hydrogen (secondary N) is 2. The normalized spacial score (nSPS) is 15.2. The van der Waals surface area contributed by atoms with Crippen molar-refractivity contribution < 1.29 is 14.7 Å². The van der Waals surface area contributed by atoms with Crippen LogP contribution < -0.4 is 5.32 Å². The van der Waals surface area contributed by atoms with E-state index in [1.165, 1.54) is 0 Å². The van der Waals surface area contributed by atoms with Crippen molar-refractivity contribution in [1.82, 2.24) is 10.3 Å². The molecule has 1 aliphatic rings. The molecule has 3 aromatic rings. The van der Waals surface area contributed by atoms with Crippen LogP contribution in [0.1, 0.15) is 21.5 Å². The molecule has 1 aromatic heterocycles. The standard InChI is InChI=1S/C19H16N2O3/c22-17(15-6-3-7-16-14(15)8-9-20-16)21-19(18(23)24)10-12-4-1-2-5-13(12)11-19/h1-9,20H,10-11H2,(H,21,22)(H,23,24). The van der Waals surface area contributed by atoms with Crippen LogP contribution in [0.2, 0.25) is 0 Å². The van der Waals surface area contributed by atoms with Gasteiger partial charge in [-0.1, -0.05) is 30.3 Å². The Hall–Kier alpha value is -3.08. The molecule has 120 valence electrons. The molecule has 0 bridgehead atoms. The zero-order valence-electron chi connectivity index (χ0n) is 12.9. The van der Waals surface area contributed by atoms with Gasteiger partial charge in [-0.3, -0.25) is 4.79 Å². The number of hydrogen-bond donors (Lipinski definition) is 3. The minimum Gasteiger partial charge on any atom is -0.479 e. The zero-order chi connectivity index (χ0) is 16.7. The van der Waals surface area contributed by atoms with E-state index in [4.69, 9.17) is 0 Å². The van der Waals surface area contributed by atoms with Crippen LogP contribution in [-0.2, 0) is 17.6 Å². The number of carbonyl (C=O) groups is 2. The number of aliphatic carboxylic acids is 1. The predicted molar refractivity (Wildman–Crippen MR) is 90.0 cm³/mol. The van der Waals surface area contributed by atoms with E-state index in [0.717, 1.165) is 22.0 Å². The van der Waals surface area contributed by atoms with Crippen LogP contribution >= 0.6 is 0 Å². The molecule has 1 aliphatic carbocycles. The Kier molecular flexibility index (Phi) is 3.16. The molecule has 4 rings (SSSR count). The highest BCUT2D eigenvalue weighted by atomic mass is 16.4. The van der Waals surface area contributed by atoms with Crippen molar-refractivity contribution in [2.24, 2.45) is 0 Å². The van der Waals surface area contributed by atoms with Crippen molar-refractivity contribution in [3.05, 3.63) is 71.4 Å². The fourth-order valence-electron chi connectivity index (χ4n) is 3.48. The minimum atomic E-state index is -1.29. The summed E-state index contributed by atoms with van der Waals surface area (Å²) < 4.78 is 0. The highest BCUT2D eigenvalue weighted by molar-refractivity contribution is 6.08. The van der Waals surface area contributed by atoms with Gasteiger partial charge in [-0.25, -0.2) is 4.79 Å². The van der Waals surface area contributed by atoms with Crippen LogP contribution in [0.15, 0.2) is 54.7 Å². The lowest BCUT2D eigenvalue weighted by Gasteiger charge is -2.25. The van der Waals surface area contributed by atoms with Gasteiger partial charge in [0.2, 0.25) is 0 Å². The van der Waals surface area contributed by atoms with Gasteiger partial charge in [-0.2, -0.15) is 0 Å². The molecule has 5 heteroatoms. The first-order chi connectivity index (χ1) is 11.6. The van der Waals surface area contributed by atoms with Crippen LogP contribution in [0.3, 0.4) is 0 Å². The molecule has 5 nitrogen and oxygen atoms in total. The minimum absolute atomic E-state index is 0.299. The molecule has 0 aliphatic heterocycles. The molecule has 0 fully saturated rings. The van der Waals surface area contributed by atoms with Crippen molar-refractivity contribution in [3.8, 4) is 0 Å². The molecular weight excluding hydrogens is 304 g/mol. The highest BCUT2D eigenvalue weighted by Crippen LogP contribution is 2.31. The number of benzene rings is 2. The Morgan fingerprint density at radius 1 is 1.00 bits per heavy atom. The van der Waals surface area contributed by atoms with Crippen molar-refractivity contribution >= 4 is 22.8 Å². The quantitative estimate of drug-likeness (QED) is 0.693. The maximum atomic E-state index is 12.8. The number of H-pyrrole nitrogens is 1. The molecule has 0 spiro atoms. The van der Waals surface area contributed by atoms with Crippen molar-refractivity contribution in [1.29, 1.82) is 0 Å². The van der Waals surface area contributed by atoms with Gasteiger partial charge in [-0.15, -0.1) is 0 Å². The van der Waals surface area contributed by atoms with E-state index in [1.807, 2.05) is 36.4 Å². The number of carbonyl (C=O) groups excluding carboxylic acids is 1. The SMILES string of the molecule is O=C(NC1(C(=O)O)Cc2ccccc2C1)c1cccc2[nH]ccc12. The Labute approximate surface area is 138 Å². The fraction of sp³-hybridized carbons (Fsp3) is 0.158. The molecule has 0 radical (unpaired) electrons. The Morgan fingerprint density at radius 3 is 2.38 bits per heavy atom. The van der Waals surface area contributed by atoms with Gasteiger partial charge in [0, 0.05) is 35.5 Å². The van der Waals surface area contributed by atoms with Crippen molar-refractivity contribution in [2.45, 2.75) is 18.4 Å². The van der Waals surface area contributed by atoms with E-state index in [9.17, 15) is 14.7 Å². The van der Waals surface area contributed by atoms with Crippen LogP contribution in [-0.4, -0.2) is 27.5 Å². The zero-order valence-corrected chi connectivity index (χ0v) is 12.9. The second-order valence-corrected chi connectivity index (χ2v) is 6.21. The molecule has 3 N–H and O–H groups in total. The Balaban J connectivity index is 1.69. The molecule has 24 heavy (non-hydrogen) atoms. The number of aromatic amines is 1. The summed E-state index contributed by atoms with van der Waals surface area (Å²) in [7, 11) is 0. The summed E-state index contributed by atoms with van der Waals surface area (Å²) in [6, 6.07) is 14.8. The summed E-state index contributed by atoms with van der Waals surface area (Å²) >= 11 is 0. The second-order valence-electron chi connectivity index (χ2n) is 6.21. The van der Waals surface area contributed by atoms with E-state index >= 15 is 0 Å². The van der Waals surface area contributed by atoms with Crippen LogP contribution in [0.4, 0.5) is 0 Å². The maximum absolute atomic E-state index is 12.8. The van der Waals surface area contributed by atoms with E-state index in [2.05, 4.69) is 10.3 Å². The van der Waals surface area contributed by atoms with Crippen molar-refractivity contribution in [2.75, 3.05) is 0 Å². The molecule has 0 saturated heterocycles. The van der Waals surface area contributed by atoms with Crippen LogP contribution in [0.25, 0.3) is 10.9 Å². The molecule has 1 amide bonds. The van der Waals surface area contributed by atoms with Gasteiger partial charge >= 0.3 is 5.97 Å². The summed E-state index contributed by atoms with van der Waals surface area (Å²) in [4.78, 5) is 27.8. The third-order valence-electron chi connectivity index (χ3n) is 4.70. The first-order valence-corrected chi connectivity index (χ1v) is 7.78. The lowest BCUT2D eigenvalue weighted by atomic mass is 9.95.